The summed E-state index contributed by atoms with van der Waals surface area (Å²) < 4.78 is 2.55. The molecule has 2 aliphatic rings. The van der Waals surface area contributed by atoms with Crippen LogP contribution in [0, 0.1) is 0 Å². The van der Waals surface area contributed by atoms with Crippen molar-refractivity contribution in [1.82, 2.24) is 9.88 Å². The second-order valence-corrected chi connectivity index (χ2v) is 10.6. The van der Waals surface area contributed by atoms with E-state index >= 15 is 0 Å². The summed E-state index contributed by atoms with van der Waals surface area (Å²) in [5, 5.41) is 13.0. The lowest BCUT2D eigenvalue weighted by molar-refractivity contribution is 0.666. The van der Waals surface area contributed by atoms with Crippen molar-refractivity contribution in [1.29, 1.82) is 0 Å². The third kappa shape index (κ3) is 2.37. The highest BCUT2D eigenvalue weighted by molar-refractivity contribution is 6.28. The van der Waals surface area contributed by atoms with Gasteiger partial charge in [-0.2, -0.15) is 0 Å². The Balaban J connectivity index is 1.74. The van der Waals surface area contributed by atoms with Gasteiger partial charge in [-0.05, 0) is 32.5 Å². The van der Waals surface area contributed by atoms with E-state index in [2.05, 4.69) is 127 Å². The molecule has 0 fully saturated rings. The van der Waals surface area contributed by atoms with E-state index in [4.69, 9.17) is 0 Å². The molecule has 0 amide bonds. The summed E-state index contributed by atoms with van der Waals surface area (Å²) in [7, 11) is 0. The Labute approximate surface area is 209 Å². The standard InChI is InChI=1S/C34H26N2/c1-34(2)28-18-10-9-17-27(28)32-30(34)29-25-15-7-5-13-23(25)24-14-6-8-16-26(24)31(29)36(32)33-22-12-4-3-11-21(22)19-20-35-33/h3-19,35H,20H2,1-2H3. The zero-order valence-electron chi connectivity index (χ0n) is 20.5. The predicted octanol–water partition coefficient (Wildman–Crippen LogP) is 6.25. The van der Waals surface area contributed by atoms with E-state index in [1.165, 1.54) is 71.1 Å². The van der Waals surface area contributed by atoms with Crippen LogP contribution in [-0.2, 0) is 5.41 Å². The van der Waals surface area contributed by atoms with E-state index in [0.29, 0.717) is 0 Å². The maximum Gasteiger partial charge on any atom is 0.119 e. The number of nitrogens with zero attached hydrogens (tertiary/aromatic N) is 1. The minimum atomic E-state index is -0.110. The Kier molecular flexibility index (Phi) is 3.82. The fourth-order valence-electron chi connectivity index (χ4n) is 6.85. The minimum Gasteiger partial charge on any atom is -0.367 e. The Morgan fingerprint density at radius 2 is 1.33 bits per heavy atom. The molecule has 0 bridgehead atoms. The fourth-order valence-corrected chi connectivity index (χ4v) is 6.85. The molecule has 0 saturated carbocycles. The smallest absolute Gasteiger partial charge is 0.119 e. The third-order valence-electron chi connectivity index (χ3n) is 8.35. The van der Waals surface area contributed by atoms with Crippen molar-refractivity contribution in [3.8, 4) is 11.3 Å². The van der Waals surface area contributed by atoms with Crippen LogP contribution in [0.4, 0.5) is 0 Å². The van der Waals surface area contributed by atoms with Gasteiger partial charge in [0, 0.05) is 33.5 Å². The number of hydrogen-bond donors (Lipinski definition) is 1. The lowest BCUT2D eigenvalue weighted by Crippen LogP contribution is -2.39. The SMILES string of the molecule is CC1(C)c2ccccc2-c2c1c1c3ccccc3c3ccccc3c1n2C1=c2ccccc2=CCN1. The highest BCUT2D eigenvalue weighted by Crippen LogP contribution is 2.55. The Hall–Kier alpha value is -4.30. The largest absolute Gasteiger partial charge is 0.367 e. The number of benzene rings is 5. The molecule has 2 heteroatoms. The molecule has 0 unspecified atom stereocenters. The number of hydrogen-bond acceptors (Lipinski definition) is 1. The average Bonchev–Trinajstić information content (AvgIpc) is 3.40. The lowest BCUT2D eigenvalue weighted by Gasteiger charge is -2.23. The summed E-state index contributed by atoms with van der Waals surface area (Å²) in [6, 6.07) is 35.6. The van der Waals surface area contributed by atoms with Gasteiger partial charge >= 0.3 is 0 Å². The molecule has 6 aromatic rings. The first-order chi connectivity index (χ1) is 17.7. The topological polar surface area (TPSA) is 17.0 Å². The molecule has 36 heavy (non-hydrogen) atoms. The van der Waals surface area contributed by atoms with Crippen LogP contribution in [0.3, 0.4) is 0 Å². The summed E-state index contributed by atoms with van der Waals surface area (Å²) in [6.07, 6.45) is 2.29. The van der Waals surface area contributed by atoms with Crippen molar-refractivity contribution in [2.24, 2.45) is 0 Å². The number of fused-ring (bicyclic) bond motifs is 11. The van der Waals surface area contributed by atoms with Crippen molar-refractivity contribution in [2.45, 2.75) is 19.3 Å². The molecule has 1 N–H and O–H groups in total. The molecule has 8 rings (SSSR count). The number of rotatable bonds is 1. The fraction of sp³-hybridized carbons (Fsp3) is 0.118. The molecule has 1 aliphatic carbocycles. The van der Waals surface area contributed by atoms with Crippen LogP contribution >= 0.6 is 0 Å². The third-order valence-corrected chi connectivity index (χ3v) is 8.35. The monoisotopic (exact) mass is 462 g/mol. The van der Waals surface area contributed by atoms with E-state index in [-0.39, 0.29) is 5.41 Å². The first-order valence-corrected chi connectivity index (χ1v) is 12.8. The molecule has 2 heterocycles. The highest BCUT2D eigenvalue weighted by Gasteiger charge is 2.41. The predicted molar refractivity (Wildman–Crippen MR) is 151 cm³/mol. The van der Waals surface area contributed by atoms with Crippen LogP contribution in [0.5, 0.6) is 0 Å². The lowest BCUT2D eigenvalue weighted by atomic mass is 9.80. The molecule has 2 nitrogen and oxygen atoms in total. The van der Waals surface area contributed by atoms with E-state index in [1.54, 1.807) is 0 Å². The quantitative estimate of drug-likeness (QED) is 0.286. The first kappa shape index (κ1) is 19.9. The average molecular weight is 463 g/mol. The Bertz CT molecular complexity index is 2020. The van der Waals surface area contributed by atoms with Gasteiger partial charge < -0.3 is 5.32 Å². The maximum absolute atomic E-state index is 3.79. The van der Waals surface area contributed by atoms with Crippen molar-refractivity contribution in [3.05, 3.63) is 119 Å². The Morgan fingerprint density at radius 3 is 2.17 bits per heavy atom. The summed E-state index contributed by atoms with van der Waals surface area (Å²) >= 11 is 0. The van der Waals surface area contributed by atoms with Gasteiger partial charge in [0.2, 0.25) is 0 Å². The van der Waals surface area contributed by atoms with Gasteiger partial charge in [-0.25, -0.2) is 0 Å². The van der Waals surface area contributed by atoms with Crippen molar-refractivity contribution in [2.75, 3.05) is 6.54 Å². The molecule has 0 spiro atoms. The molecule has 1 aromatic heterocycles. The van der Waals surface area contributed by atoms with Gasteiger partial charge in [-0.15, -0.1) is 0 Å². The van der Waals surface area contributed by atoms with Crippen molar-refractivity contribution >= 4 is 44.3 Å². The van der Waals surface area contributed by atoms with Gasteiger partial charge in [-0.1, -0.05) is 117 Å². The van der Waals surface area contributed by atoms with Crippen LogP contribution in [0.1, 0.15) is 25.0 Å². The molecule has 172 valence electrons. The van der Waals surface area contributed by atoms with Gasteiger partial charge in [0.25, 0.3) is 0 Å². The molecular formula is C34H26N2. The van der Waals surface area contributed by atoms with E-state index < -0.39 is 0 Å². The van der Waals surface area contributed by atoms with E-state index in [9.17, 15) is 0 Å². The second-order valence-electron chi connectivity index (χ2n) is 10.6. The molecule has 0 saturated heterocycles. The molecule has 0 atom stereocenters. The van der Waals surface area contributed by atoms with Gasteiger partial charge in [0.1, 0.15) is 5.82 Å². The molecule has 0 radical (unpaired) electrons. The van der Waals surface area contributed by atoms with Crippen LogP contribution in [0.2, 0.25) is 0 Å². The van der Waals surface area contributed by atoms with E-state index in [0.717, 1.165) is 6.54 Å². The zero-order chi connectivity index (χ0) is 24.0. The van der Waals surface area contributed by atoms with E-state index in [1.807, 2.05) is 0 Å². The van der Waals surface area contributed by atoms with Crippen LogP contribution in [0.25, 0.3) is 55.6 Å². The molecule has 5 aromatic carbocycles. The minimum absolute atomic E-state index is 0.110. The van der Waals surface area contributed by atoms with Crippen molar-refractivity contribution in [3.63, 3.8) is 0 Å². The van der Waals surface area contributed by atoms with Crippen LogP contribution in [0.15, 0.2) is 97.1 Å². The first-order valence-electron chi connectivity index (χ1n) is 12.8. The van der Waals surface area contributed by atoms with Crippen LogP contribution in [-0.4, -0.2) is 11.1 Å². The highest BCUT2D eigenvalue weighted by atomic mass is 15.2. The Morgan fingerprint density at radius 1 is 0.694 bits per heavy atom. The summed E-state index contributed by atoms with van der Waals surface area (Å²) in [6.45, 7) is 5.61. The second kappa shape index (κ2) is 6.89. The number of nitrogens with one attached hydrogen (secondary N) is 1. The maximum atomic E-state index is 3.79. The normalized spacial score (nSPS) is 15.4. The van der Waals surface area contributed by atoms with Gasteiger partial charge in [0.05, 0.1) is 11.2 Å². The molecular weight excluding hydrogens is 436 g/mol. The molecule has 1 aliphatic heterocycles. The van der Waals surface area contributed by atoms with Crippen LogP contribution < -0.4 is 15.8 Å². The summed E-state index contributed by atoms with van der Waals surface area (Å²) in [5.41, 5.74) is 6.69. The van der Waals surface area contributed by atoms with Crippen molar-refractivity contribution < 1.29 is 0 Å². The van der Waals surface area contributed by atoms with Gasteiger partial charge in [-0.3, -0.25) is 4.57 Å². The zero-order valence-corrected chi connectivity index (χ0v) is 20.5. The van der Waals surface area contributed by atoms with Gasteiger partial charge in [0.15, 0.2) is 0 Å². The summed E-state index contributed by atoms with van der Waals surface area (Å²) in [5.74, 6) is 1.17. The number of aromatic nitrogens is 1. The summed E-state index contributed by atoms with van der Waals surface area (Å²) in [4.78, 5) is 0.